The van der Waals surface area contributed by atoms with E-state index in [0.717, 1.165) is 12.0 Å². The molecule has 1 rings (SSSR count). The maximum atomic E-state index is 11.9. The number of hydrogen-bond donors (Lipinski definition) is 1. The lowest BCUT2D eigenvalue weighted by atomic mass is 10.0. The molecular weight excluding hydrogens is 248 g/mol. The SMILES string of the molecule is CCCC(C#N)C(=O)NC(C)c1ccc(Cl)cc1. The average molecular weight is 265 g/mol. The molecule has 1 N–H and O–H groups in total. The minimum Gasteiger partial charge on any atom is -0.348 e. The van der Waals surface area contributed by atoms with Gasteiger partial charge in [0.15, 0.2) is 0 Å². The molecule has 96 valence electrons. The topological polar surface area (TPSA) is 52.9 Å². The van der Waals surface area contributed by atoms with Gasteiger partial charge in [0.2, 0.25) is 5.91 Å². The molecule has 1 amide bonds. The quantitative estimate of drug-likeness (QED) is 0.885. The van der Waals surface area contributed by atoms with E-state index in [9.17, 15) is 4.79 Å². The Morgan fingerprint density at radius 3 is 2.56 bits per heavy atom. The summed E-state index contributed by atoms with van der Waals surface area (Å²) in [6.45, 7) is 3.85. The molecule has 2 atom stereocenters. The van der Waals surface area contributed by atoms with Crippen molar-refractivity contribution in [3.8, 4) is 6.07 Å². The Balaban J connectivity index is 2.64. The van der Waals surface area contributed by atoms with Gasteiger partial charge in [0, 0.05) is 5.02 Å². The van der Waals surface area contributed by atoms with Gasteiger partial charge in [-0.3, -0.25) is 4.79 Å². The van der Waals surface area contributed by atoms with Crippen molar-refractivity contribution in [3.63, 3.8) is 0 Å². The van der Waals surface area contributed by atoms with Crippen molar-refractivity contribution in [3.05, 3.63) is 34.9 Å². The monoisotopic (exact) mass is 264 g/mol. The summed E-state index contributed by atoms with van der Waals surface area (Å²) in [6, 6.07) is 9.22. The second-order valence-electron chi connectivity index (χ2n) is 4.25. The number of nitrogens with one attached hydrogen (secondary N) is 1. The summed E-state index contributed by atoms with van der Waals surface area (Å²) in [6.07, 6.45) is 1.41. The van der Waals surface area contributed by atoms with Crippen molar-refractivity contribution in [2.24, 2.45) is 5.92 Å². The number of carbonyl (C=O) groups excluding carboxylic acids is 1. The lowest BCUT2D eigenvalue weighted by molar-refractivity contribution is -0.124. The fourth-order valence-corrected chi connectivity index (χ4v) is 1.82. The molecule has 0 fully saturated rings. The number of benzene rings is 1. The zero-order chi connectivity index (χ0) is 13.5. The van der Waals surface area contributed by atoms with Gasteiger partial charge in [-0.15, -0.1) is 0 Å². The van der Waals surface area contributed by atoms with Gasteiger partial charge in [0.05, 0.1) is 12.1 Å². The van der Waals surface area contributed by atoms with E-state index < -0.39 is 5.92 Å². The highest BCUT2D eigenvalue weighted by molar-refractivity contribution is 6.30. The first-order valence-corrected chi connectivity index (χ1v) is 6.41. The van der Waals surface area contributed by atoms with Crippen molar-refractivity contribution < 1.29 is 4.79 Å². The largest absolute Gasteiger partial charge is 0.348 e. The molecule has 0 spiro atoms. The smallest absolute Gasteiger partial charge is 0.237 e. The predicted molar refractivity (Wildman–Crippen MR) is 72.0 cm³/mol. The fraction of sp³-hybridized carbons (Fsp3) is 0.429. The maximum absolute atomic E-state index is 11.9. The van der Waals surface area contributed by atoms with Gasteiger partial charge < -0.3 is 5.32 Å². The Bertz CT molecular complexity index is 436. The summed E-state index contributed by atoms with van der Waals surface area (Å²) in [5.41, 5.74) is 0.973. The van der Waals surface area contributed by atoms with E-state index in [-0.39, 0.29) is 11.9 Å². The molecule has 18 heavy (non-hydrogen) atoms. The van der Waals surface area contributed by atoms with Crippen LogP contribution in [0.15, 0.2) is 24.3 Å². The molecule has 0 saturated carbocycles. The Kier molecular flexibility index (Phi) is 5.67. The van der Waals surface area contributed by atoms with Crippen LogP contribution >= 0.6 is 11.6 Å². The van der Waals surface area contributed by atoms with Crippen molar-refractivity contribution in [2.75, 3.05) is 0 Å². The van der Waals surface area contributed by atoms with Crippen LogP contribution in [0.4, 0.5) is 0 Å². The van der Waals surface area contributed by atoms with E-state index in [1.807, 2.05) is 32.0 Å². The van der Waals surface area contributed by atoms with Gasteiger partial charge in [-0.25, -0.2) is 0 Å². The molecule has 2 unspecified atom stereocenters. The molecule has 0 saturated heterocycles. The second-order valence-corrected chi connectivity index (χ2v) is 4.69. The molecule has 3 nitrogen and oxygen atoms in total. The van der Waals surface area contributed by atoms with E-state index in [0.29, 0.717) is 11.4 Å². The highest BCUT2D eigenvalue weighted by atomic mass is 35.5. The molecule has 0 aliphatic heterocycles. The van der Waals surface area contributed by atoms with E-state index in [2.05, 4.69) is 5.32 Å². The number of nitrogens with zero attached hydrogens (tertiary/aromatic N) is 1. The molecule has 1 aromatic carbocycles. The van der Waals surface area contributed by atoms with Crippen molar-refractivity contribution in [1.29, 1.82) is 5.26 Å². The lowest BCUT2D eigenvalue weighted by Crippen LogP contribution is -2.32. The maximum Gasteiger partial charge on any atom is 0.237 e. The Morgan fingerprint density at radius 1 is 1.44 bits per heavy atom. The summed E-state index contributed by atoms with van der Waals surface area (Å²) >= 11 is 5.81. The number of carbonyl (C=O) groups is 1. The van der Waals surface area contributed by atoms with Gasteiger partial charge in [0.1, 0.15) is 5.92 Å². The third kappa shape index (κ3) is 4.05. The normalized spacial score (nSPS) is 13.4. The molecular formula is C14H17ClN2O. The van der Waals surface area contributed by atoms with E-state index >= 15 is 0 Å². The number of hydrogen-bond acceptors (Lipinski definition) is 2. The minimum absolute atomic E-state index is 0.123. The van der Waals surface area contributed by atoms with Gasteiger partial charge >= 0.3 is 0 Å². The first-order chi connectivity index (χ1) is 8.58. The van der Waals surface area contributed by atoms with Crippen LogP contribution in [-0.4, -0.2) is 5.91 Å². The van der Waals surface area contributed by atoms with E-state index in [1.54, 1.807) is 12.1 Å². The van der Waals surface area contributed by atoms with E-state index in [4.69, 9.17) is 16.9 Å². The summed E-state index contributed by atoms with van der Waals surface area (Å²) in [5.74, 6) is -0.772. The molecule has 0 aromatic heterocycles. The zero-order valence-electron chi connectivity index (χ0n) is 10.6. The van der Waals surface area contributed by atoms with Crippen LogP contribution in [0.3, 0.4) is 0 Å². The summed E-state index contributed by atoms with van der Waals surface area (Å²) < 4.78 is 0. The zero-order valence-corrected chi connectivity index (χ0v) is 11.4. The van der Waals surface area contributed by atoms with Crippen molar-refractivity contribution >= 4 is 17.5 Å². The van der Waals surface area contributed by atoms with Crippen LogP contribution < -0.4 is 5.32 Å². The fourth-order valence-electron chi connectivity index (χ4n) is 1.69. The van der Waals surface area contributed by atoms with Crippen LogP contribution in [0.2, 0.25) is 5.02 Å². The van der Waals surface area contributed by atoms with Crippen LogP contribution in [0.5, 0.6) is 0 Å². The van der Waals surface area contributed by atoms with Crippen LogP contribution in [0, 0.1) is 17.2 Å². The van der Waals surface area contributed by atoms with Crippen LogP contribution in [0.25, 0.3) is 0 Å². The standard InChI is InChI=1S/C14H17ClN2O/c1-3-4-12(9-16)14(18)17-10(2)11-5-7-13(15)8-6-11/h5-8,10,12H,3-4H2,1-2H3,(H,17,18). The second kappa shape index (κ2) is 7.03. The van der Waals surface area contributed by atoms with Crippen molar-refractivity contribution in [2.45, 2.75) is 32.7 Å². The minimum atomic E-state index is -0.565. The van der Waals surface area contributed by atoms with Crippen molar-refractivity contribution in [1.82, 2.24) is 5.32 Å². The molecule has 0 heterocycles. The number of rotatable bonds is 5. The first kappa shape index (κ1) is 14.5. The molecule has 0 aliphatic carbocycles. The summed E-state index contributed by atoms with van der Waals surface area (Å²) in [4.78, 5) is 11.9. The highest BCUT2D eigenvalue weighted by Crippen LogP contribution is 2.17. The third-order valence-corrected chi connectivity index (χ3v) is 3.03. The van der Waals surface area contributed by atoms with Gasteiger partial charge in [0.25, 0.3) is 0 Å². The van der Waals surface area contributed by atoms with Crippen LogP contribution in [-0.2, 0) is 4.79 Å². The Labute approximate surface area is 113 Å². The number of halogens is 1. The molecule has 0 aliphatic rings. The number of nitriles is 1. The van der Waals surface area contributed by atoms with Gasteiger partial charge in [-0.05, 0) is 31.0 Å². The average Bonchev–Trinajstić information content (AvgIpc) is 2.36. The van der Waals surface area contributed by atoms with E-state index in [1.165, 1.54) is 0 Å². The molecule has 0 radical (unpaired) electrons. The lowest BCUT2D eigenvalue weighted by Gasteiger charge is -2.16. The van der Waals surface area contributed by atoms with Gasteiger partial charge in [-0.2, -0.15) is 5.26 Å². The highest BCUT2D eigenvalue weighted by Gasteiger charge is 2.18. The summed E-state index contributed by atoms with van der Waals surface area (Å²) in [7, 11) is 0. The Hall–Kier alpha value is -1.53. The molecule has 1 aromatic rings. The third-order valence-electron chi connectivity index (χ3n) is 2.78. The predicted octanol–water partition coefficient (Wildman–Crippen LogP) is 3.46. The number of amides is 1. The Morgan fingerprint density at radius 2 is 2.06 bits per heavy atom. The van der Waals surface area contributed by atoms with Gasteiger partial charge in [-0.1, -0.05) is 37.1 Å². The van der Waals surface area contributed by atoms with Crippen LogP contribution in [0.1, 0.15) is 38.3 Å². The molecule has 4 heteroatoms. The molecule has 0 bridgehead atoms. The summed E-state index contributed by atoms with van der Waals surface area (Å²) in [5, 5.41) is 12.4. The first-order valence-electron chi connectivity index (χ1n) is 6.04.